The quantitative estimate of drug-likeness (QED) is 0.745. The number of benzene rings is 2. The zero-order valence-corrected chi connectivity index (χ0v) is 10.6. The Labute approximate surface area is 107 Å². The monoisotopic (exact) mass is 237 g/mol. The molecular weight excluding hydrogens is 222 g/mol. The highest BCUT2D eigenvalue weighted by molar-refractivity contribution is 5.92. The molecule has 0 radical (unpaired) electrons. The Kier molecular flexibility index (Phi) is 2.56. The second-order valence-electron chi connectivity index (χ2n) is 4.35. The van der Waals surface area contributed by atoms with Gasteiger partial charge >= 0.3 is 0 Å². The minimum atomic E-state index is 0.905. The van der Waals surface area contributed by atoms with Crippen LogP contribution in [0.1, 0.15) is 11.1 Å². The number of ether oxygens (including phenoxy) is 1. The van der Waals surface area contributed by atoms with Gasteiger partial charge in [-0.2, -0.15) is 0 Å². The number of nitrogens with zero attached hydrogens (tertiary/aromatic N) is 1. The van der Waals surface area contributed by atoms with Gasteiger partial charge in [0.2, 0.25) is 0 Å². The van der Waals surface area contributed by atoms with Crippen molar-refractivity contribution in [3.63, 3.8) is 0 Å². The topological polar surface area (TPSA) is 12.5 Å². The lowest BCUT2D eigenvalue weighted by molar-refractivity contribution is 0.373. The maximum absolute atomic E-state index is 5.54. The minimum absolute atomic E-state index is 0.905. The van der Waals surface area contributed by atoms with Gasteiger partial charge in [-0.25, -0.2) is 0 Å². The van der Waals surface area contributed by atoms with Crippen molar-refractivity contribution in [2.45, 2.75) is 0 Å². The number of anilines is 2. The first-order chi connectivity index (χ1) is 8.81. The van der Waals surface area contributed by atoms with Crippen molar-refractivity contribution in [3.8, 4) is 0 Å². The van der Waals surface area contributed by atoms with Gasteiger partial charge in [0, 0.05) is 23.9 Å². The maximum Gasteiger partial charge on any atom is 0.128 e. The molecule has 0 amide bonds. The Bertz CT molecular complexity index is 616. The fourth-order valence-electron chi connectivity index (χ4n) is 2.41. The Hall–Kier alpha value is -2.22. The zero-order valence-electron chi connectivity index (χ0n) is 10.6. The molecule has 2 heteroatoms. The first-order valence-electron chi connectivity index (χ1n) is 5.99. The molecule has 1 aliphatic heterocycles. The number of hydrogen-bond donors (Lipinski definition) is 0. The Morgan fingerprint density at radius 1 is 0.889 bits per heavy atom. The third-order valence-electron chi connectivity index (χ3n) is 3.34. The molecule has 1 heterocycles. The van der Waals surface area contributed by atoms with Gasteiger partial charge < -0.3 is 9.64 Å². The summed E-state index contributed by atoms with van der Waals surface area (Å²) in [7, 11) is 3.81. The molecule has 0 spiro atoms. The highest BCUT2D eigenvalue weighted by Gasteiger charge is 2.18. The summed E-state index contributed by atoms with van der Waals surface area (Å²) in [5, 5.41) is 0. The van der Waals surface area contributed by atoms with Crippen LogP contribution in [0.3, 0.4) is 0 Å². The van der Waals surface area contributed by atoms with Crippen molar-refractivity contribution in [2.75, 3.05) is 19.1 Å². The van der Waals surface area contributed by atoms with Gasteiger partial charge in [-0.15, -0.1) is 0 Å². The summed E-state index contributed by atoms with van der Waals surface area (Å²) in [4.78, 5) is 2.20. The van der Waals surface area contributed by atoms with E-state index in [1.807, 2.05) is 12.1 Å². The van der Waals surface area contributed by atoms with E-state index in [1.54, 1.807) is 7.11 Å². The largest absolute Gasteiger partial charge is 0.496 e. The van der Waals surface area contributed by atoms with E-state index in [2.05, 4.69) is 54.4 Å². The van der Waals surface area contributed by atoms with Crippen molar-refractivity contribution in [3.05, 3.63) is 59.7 Å². The second-order valence-corrected chi connectivity index (χ2v) is 4.35. The van der Waals surface area contributed by atoms with E-state index in [9.17, 15) is 0 Å². The Morgan fingerprint density at radius 2 is 1.56 bits per heavy atom. The summed E-state index contributed by atoms with van der Waals surface area (Å²) in [6.45, 7) is 0. The fraction of sp³-hybridized carbons (Fsp3) is 0.125. The summed E-state index contributed by atoms with van der Waals surface area (Å²) < 4.78 is 5.54. The predicted molar refractivity (Wildman–Crippen MR) is 75.8 cm³/mol. The van der Waals surface area contributed by atoms with Gasteiger partial charge in [-0.05, 0) is 24.3 Å². The number of rotatable bonds is 1. The van der Waals surface area contributed by atoms with Crippen LogP contribution in [0.5, 0.6) is 0 Å². The van der Waals surface area contributed by atoms with Gasteiger partial charge in [0.15, 0.2) is 0 Å². The molecule has 3 rings (SSSR count). The molecule has 0 unspecified atom stereocenters. The minimum Gasteiger partial charge on any atom is -0.496 e. The van der Waals surface area contributed by atoms with Gasteiger partial charge in [0.1, 0.15) is 5.76 Å². The molecule has 0 aromatic heterocycles. The van der Waals surface area contributed by atoms with Crippen molar-refractivity contribution in [1.82, 2.24) is 0 Å². The summed E-state index contributed by atoms with van der Waals surface area (Å²) in [6, 6.07) is 16.6. The maximum atomic E-state index is 5.54. The molecule has 0 aliphatic carbocycles. The average Bonchev–Trinajstić information content (AvgIpc) is 2.55. The number of fused-ring (bicyclic) bond motifs is 2. The third kappa shape index (κ3) is 1.58. The molecule has 0 bridgehead atoms. The standard InChI is InChI=1S/C16H15NO/c1-17-14-9-5-3-7-12(14)11-16(18-2)13-8-4-6-10-15(13)17/h3-11H,1-2H3. The van der Waals surface area contributed by atoms with Gasteiger partial charge in [-0.3, -0.25) is 0 Å². The van der Waals surface area contributed by atoms with Crippen molar-refractivity contribution >= 4 is 23.2 Å². The lowest BCUT2D eigenvalue weighted by Crippen LogP contribution is -2.11. The summed E-state index contributed by atoms with van der Waals surface area (Å²) in [5.74, 6) is 0.905. The average molecular weight is 237 g/mol. The van der Waals surface area contributed by atoms with Crippen LogP contribution in [0.15, 0.2) is 48.5 Å². The number of hydrogen-bond acceptors (Lipinski definition) is 2. The van der Waals surface area contributed by atoms with Crippen molar-refractivity contribution < 1.29 is 4.74 Å². The summed E-state index contributed by atoms with van der Waals surface area (Å²) >= 11 is 0. The van der Waals surface area contributed by atoms with Crippen LogP contribution in [-0.4, -0.2) is 14.2 Å². The molecular formula is C16H15NO. The van der Waals surface area contributed by atoms with Crippen LogP contribution in [-0.2, 0) is 4.74 Å². The van der Waals surface area contributed by atoms with Crippen LogP contribution in [0.4, 0.5) is 11.4 Å². The zero-order chi connectivity index (χ0) is 12.5. The molecule has 0 N–H and O–H groups in total. The highest BCUT2D eigenvalue weighted by Crippen LogP contribution is 2.38. The van der Waals surface area contributed by atoms with Crippen LogP contribution in [0, 0.1) is 0 Å². The Morgan fingerprint density at radius 3 is 2.33 bits per heavy atom. The van der Waals surface area contributed by atoms with Crippen LogP contribution in [0.25, 0.3) is 11.8 Å². The third-order valence-corrected chi connectivity index (χ3v) is 3.34. The molecule has 18 heavy (non-hydrogen) atoms. The van der Waals surface area contributed by atoms with Crippen molar-refractivity contribution in [2.24, 2.45) is 0 Å². The van der Waals surface area contributed by atoms with Crippen LogP contribution >= 0.6 is 0 Å². The number of methoxy groups -OCH3 is 1. The van der Waals surface area contributed by atoms with E-state index < -0.39 is 0 Å². The fourth-order valence-corrected chi connectivity index (χ4v) is 2.41. The summed E-state index contributed by atoms with van der Waals surface area (Å²) in [6.07, 6.45) is 2.09. The second kappa shape index (κ2) is 4.22. The Balaban J connectivity index is 2.31. The molecule has 1 aliphatic rings. The molecule has 2 aromatic carbocycles. The predicted octanol–water partition coefficient (Wildman–Crippen LogP) is 3.91. The lowest BCUT2D eigenvalue weighted by atomic mass is 10.1. The van der Waals surface area contributed by atoms with Gasteiger partial charge in [-0.1, -0.05) is 30.3 Å². The van der Waals surface area contributed by atoms with Gasteiger partial charge in [0.25, 0.3) is 0 Å². The van der Waals surface area contributed by atoms with Crippen LogP contribution < -0.4 is 4.90 Å². The van der Waals surface area contributed by atoms with E-state index in [0.29, 0.717) is 0 Å². The molecule has 0 saturated heterocycles. The SMILES string of the molecule is COC1=Cc2ccccc2N(C)c2ccccc21. The van der Waals surface area contributed by atoms with E-state index in [1.165, 1.54) is 11.3 Å². The van der Waals surface area contributed by atoms with E-state index in [-0.39, 0.29) is 0 Å². The highest BCUT2D eigenvalue weighted by atomic mass is 16.5. The normalized spacial score (nSPS) is 13.2. The molecule has 0 fully saturated rings. The summed E-state index contributed by atoms with van der Waals surface area (Å²) in [5.41, 5.74) is 4.65. The van der Waals surface area contributed by atoms with E-state index in [0.717, 1.165) is 17.0 Å². The van der Waals surface area contributed by atoms with Crippen LogP contribution in [0.2, 0.25) is 0 Å². The van der Waals surface area contributed by atoms with E-state index in [4.69, 9.17) is 4.74 Å². The van der Waals surface area contributed by atoms with Gasteiger partial charge in [0.05, 0.1) is 12.8 Å². The number of para-hydroxylation sites is 2. The molecule has 90 valence electrons. The molecule has 0 saturated carbocycles. The first-order valence-corrected chi connectivity index (χ1v) is 5.99. The lowest BCUT2D eigenvalue weighted by Gasteiger charge is -2.21. The smallest absolute Gasteiger partial charge is 0.128 e. The molecule has 2 aromatic rings. The van der Waals surface area contributed by atoms with E-state index >= 15 is 0 Å². The van der Waals surface area contributed by atoms with Crippen molar-refractivity contribution in [1.29, 1.82) is 0 Å². The molecule has 2 nitrogen and oxygen atoms in total. The molecule has 0 atom stereocenters. The first kappa shape index (κ1) is 10.9.